The van der Waals surface area contributed by atoms with Crippen molar-refractivity contribution in [2.75, 3.05) is 6.54 Å². The van der Waals surface area contributed by atoms with Crippen LogP contribution < -0.4 is 11.1 Å². The van der Waals surface area contributed by atoms with E-state index in [-0.39, 0.29) is 30.7 Å². The van der Waals surface area contributed by atoms with Gasteiger partial charge in [0.05, 0.1) is 22.8 Å². The second-order valence-corrected chi connectivity index (χ2v) is 6.79. The second-order valence-electron chi connectivity index (χ2n) is 6.79. The van der Waals surface area contributed by atoms with Gasteiger partial charge in [-0.15, -0.1) is 24.8 Å². The van der Waals surface area contributed by atoms with Crippen LogP contribution >= 0.6 is 24.8 Å². The smallest absolute Gasteiger partial charge is 0.252 e. The topological polar surface area (TPSA) is 85.8 Å². The molecule has 0 aliphatic rings. The monoisotopic (exact) mass is 409 g/mol. The Morgan fingerprint density at radius 1 is 1.22 bits per heavy atom. The molecule has 3 rings (SSSR count). The molecule has 0 unspecified atom stereocenters. The molecule has 0 radical (unpaired) electrons. The van der Waals surface area contributed by atoms with Crippen molar-refractivity contribution >= 4 is 41.8 Å². The molecule has 0 atom stereocenters. The summed E-state index contributed by atoms with van der Waals surface area (Å²) in [5.41, 5.74) is 8.49. The summed E-state index contributed by atoms with van der Waals surface area (Å²) < 4.78 is 1.80. The van der Waals surface area contributed by atoms with Gasteiger partial charge in [-0.1, -0.05) is 30.3 Å². The van der Waals surface area contributed by atoms with Crippen LogP contribution in [0, 0.1) is 0 Å². The SMILES string of the molecule is CCn1ncc2c(C(=O)NCC(C)(C)N)cc(-c3ccccc3)nc21.Cl.Cl. The molecule has 0 aliphatic carbocycles. The second kappa shape index (κ2) is 9.17. The lowest BCUT2D eigenvalue weighted by Crippen LogP contribution is -2.45. The Balaban J connectivity index is 0.00000182. The molecule has 2 heterocycles. The number of carbonyl (C=O) groups excluding carboxylic acids is 1. The number of hydrogen-bond acceptors (Lipinski definition) is 4. The number of rotatable bonds is 5. The first-order valence-corrected chi connectivity index (χ1v) is 8.38. The van der Waals surface area contributed by atoms with Crippen LogP contribution in [0.3, 0.4) is 0 Å². The molecule has 0 spiro atoms. The van der Waals surface area contributed by atoms with Crippen LogP contribution in [0.1, 0.15) is 31.1 Å². The number of nitrogens with two attached hydrogens (primary N) is 1. The van der Waals surface area contributed by atoms with E-state index in [1.54, 1.807) is 10.9 Å². The van der Waals surface area contributed by atoms with Gasteiger partial charge in [-0.3, -0.25) is 4.79 Å². The predicted molar refractivity (Wildman–Crippen MR) is 114 cm³/mol. The number of benzene rings is 1. The molecular weight excluding hydrogens is 385 g/mol. The van der Waals surface area contributed by atoms with Gasteiger partial charge >= 0.3 is 0 Å². The molecule has 146 valence electrons. The third-order valence-corrected chi connectivity index (χ3v) is 3.93. The van der Waals surface area contributed by atoms with Crippen LogP contribution in [-0.2, 0) is 6.54 Å². The van der Waals surface area contributed by atoms with Crippen molar-refractivity contribution in [2.45, 2.75) is 32.9 Å². The van der Waals surface area contributed by atoms with E-state index in [1.165, 1.54) is 0 Å². The zero-order valence-corrected chi connectivity index (χ0v) is 17.2. The standard InChI is InChI=1S/C19H23N5O.2ClH/c1-4-24-17-15(11-22-24)14(18(25)21-12-19(2,3)20)10-16(23-17)13-8-6-5-7-9-13;;/h5-11H,4,12,20H2,1-3H3,(H,21,25);2*1H. The van der Waals surface area contributed by atoms with Gasteiger partial charge in [-0.25, -0.2) is 9.67 Å². The Morgan fingerprint density at radius 2 is 1.89 bits per heavy atom. The van der Waals surface area contributed by atoms with E-state index in [0.29, 0.717) is 24.3 Å². The highest BCUT2D eigenvalue weighted by Gasteiger charge is 2.19. The van der Waals surface area contributed by atoms with E-state index in [4.69, 9.17) is 10.7 Å². The summed E-state index contributed by atoms with van der Waals surface area (Å²) in [5.74, 6) is -0.168. The lowest BCUT2D eigenvalue weighted by molar-refractivity contribution is 0.0947. The van der Waals surface area contributed by atoms with Crippen molar-refractivity contribution in [1.29, 1.82) is 0 Å². The van der Waals surface area contributed by atoms with Gasteiger partial charge < -0.3 is 11.1 Å². The van der Waals surface area contributed by atoms with Crippen molar-refractivity contribution in [3.63, 3.8) is 0 Å². The summed E-state index contributed by atoms with van der Waals surface area (Å²) in [4.78, 5) is 17.5. The fourth-order valence-electron chi connectivity index (χ4n) is 2.63. The Morgan fingerprint density at radius 3 is 2.48 bits per heavy atom. The summed E-state index contributed by atoms with van der Waals surface area (Å²) in [6.45, 7) is 6.82. The Kier molecular flexibility index (Phi) is 7.77. The van der Waals surface area contributed by atoms with E-state index >= 15 is 0 Å². The van der Waals surface area contributed by atoms with Crippen molar-refractivity contribution in [2.24, 2.45) is 5.73 Å². The molecule has 3 aromatic rings. The minimum atomic E-state index is -0.475. The maximum absolute atomic E-state index is 12.8. The quantitative estimate of drug-likeness (QED) is 0.675. The molecule has 0 bridgehead atoms. The number of aromatic nitrogens is 3. The highest BCUT2D eigenvalue weighted by atomic mass is 35.5. The molecule has 1 aromatic carbocycles. The molecule has 0 saturated carbocycles. The highest BCUT2D eigenvalue weighted by molar-refractivity contribution is 6.06. The molecule has 1 amide bonds. The lowest BCUT2D eigenvalue weighted by atomic mass is 10.0. The van der Waals surface area contributed by atoms with Gasteiger partial charge in [0.2, 0.25) is 0 Å². The van der Waals surface area contributed by atoms with E-state index < -0.39 is 5.54 Å². The summed E-state index contributed by atoms with van der Waals surface area (Å²) in [5, 5.41) is 8.00. The molecule has 2 aromatic heterocycles. The van der Waals surface area contributed by atoms with E-state index in [0.717, 1.165) is 16.6 Å². The fraction of sp³-hybridized carbons (Fsp3) is 0.316. The molecule has 6 nitrogen and oxygen atoms in total. The number of nitrogens with zero attached hydrogens (tertiary/aromatic N) is 3. The average Bonchev–Trinajstić information content (AvgIpc) is 3.02. The van der Waals surface area contributed by atoms with Crippen molar-refractivity contribution < 1.29 is 4.79 Å². The van der Waals surface area contributed by atoms with Gasteiger partial charge in [-0.2, -0.15) is 5.10 Å². The number of halogens is 2. The van der Waals surface area contributed by atoms with Gasteiger partial charge in [0.1, 0.15) is 0 Å². The molecule has 0 saturated heterocycles. The third-order valence-electron chi connectivity index (χ3n) is 3.93. The maximum atomic E-state index is 12.8. The summed E-state index contributed by atoms with van der Waals surface area (Å²) in [6, 6.07) is 11.6. The normalized spacial score (nSPS) is 10.8. The van der Waals surface area contributed by atoms with Crippen LogP contribution in [0.5, 0.6) is 0 Å². The first kappa shape index (κ1) is 22.9. The van der Waals surface area contributed by atoms with E-state index in [9.17, 15) is 4.79 Å². The van der Waals surface area contributed by atoms with Crippen LogP contribution in [0.25, 0.3) is 22.3 Å². The largest absolute Gasteiger partial charge is 0.350 e. The number of pyridine rings is 1. The van der Waals surface area contributed by atoms with Gasteiger partial charge in [0.25, 0.3) is 5.91 Å². The molecular formula is C19H25Cl2N5O. The lowest BCUT2D eigenvalue weighted by Gasteiger charge is -2.19. The van der Waals surface area contributed by atoms with Crippen molar-refractivity contribution in [3.8, 4) is 11.3 Å². The van der Waals surface area contributed by atoms with E-state index in [2.05, 4.69) is 10.4 Å². The predicted octanol–water partition coefficient (Wildman–Crippen LogP) is 3.43. The average molecular weight is 410 g/mol. The van der Waals surface area contributed by atoms with E-state index in [1.807, 2.05) is 57.2 Å². The first-order valence-electron chi connectivity index (χ1n) is 8.38. The zero-order valence-electron chi connectivity index (χ0n) is 15.6. The number of carbonyl (C=O) groups is 1. The fourth-order valence-corrected chi connectivity index (χ4v) is 2.63. The molecule has 8 heteroatoms. The Hall–Kier alpha value is -2.15. The van der Waals surface area contributed by atoms with Crippen LogP contribution in [0.15, 0.2) is 42.6 Å². The minimum absolute atomic E-state index is 0. The van der Waals surface area contributed by atoms with Crippen LogP contribution in [0.2, 0.25) is 0 Å². The van der Waals surface area contributed by atoms with Crippen LogP contribution in [0.4, 0.5) is 0 Å². The summed E-state index contributed by atoms with van der Waals surface area (Å²) in [6.07, 6.45) is 1.70. The molecule has 0 fully saturated rings. The highest BCUT2D eigenvalue weighted by Crippen LogP contribution is 2.25. The number of hydrogen-bond donors (Lipinski definition) is 2. The zero-order chi connectivity index (χ0) is 18.0. The molecule has 0 aliphatic heterocycles. The number of aryl methyl sites for hydroxylation is 1. The van der Waals surface area contributed by atoms with Crippen molar-refractivity contribution in [3.05, 3.63) is 48.2 Å². The van der Waals surface area contributed by atoms with Gasteiger partial charge in [0, 0.05) is 24.2 Å². The maximum Gasteiger partial charge on any atom is 0.252 e. The van der Waals surface area contributed by atoms with Gasteiger partial charge in [-0.05, 0) is 26.8 Å². The molecule has 3 N–H and O–H groups in total. The number of amides is 1. The number of nitrogens with one attached hydrogen (secondary N) is 1. The Labute approximate surface area is 171 Å². The first-order chi connectivity index (χ1) is 11.9. The Bertz CT molecular complexity index is 904. The number of fused-ring (bicyclic) bond motifs is 1. The molecule has 27 heavy (non-hydrogen) atoms. The summed E-state index contributed by atoms with van der Waals surface area (Å²) >= 11 is 0. The summed E-state index contributed by atoms with van der Waals surface area (Å²) in [7, 11) is 0. The van der Waals surface area contributed by atoms with Gasteiger partial charge in [0.15, 0.2) is 5.65 Å². The third kappa shape index (κ3) is 5.19. The van der Waals surface area contributed by atoms with Crippen LogP contribution in [-0.4, -0.2) is 32.8 Å². The minimum Gasteiger partial charge on any atom is -0.350 e. The van der Waals surface area contributed by atoms with Crippen molar-refractivity contribution in [1.82, 2.24) is 20.1 Å².